The lowest BCUT2D eigenvalue weighted by atomic mass is 10.0. The van der Waals surface area contributed by atoms with Crippen LogP contribution in [0, 0.1) is 0 Å². The first-order chi connectivity index (χ1) is 13.8. The summed E-state index contributed by atoms with van der Waals surface area (Å²) in [6.45, 7) is 8.03. The SMILES string of the molecule is CCC(C)N(Cc1nc(-c2ccccc2)no1)S(=O)(=O)c1ccc(C(C)C)cc1. The Hall–Kier alpha value is -2.51. The molecule has 1 heterocycles. The molecular formula is C22H27N3O3S. The molecule has 2 aromatic carbocycles. The molecule has 0 aliphatic carbocycles. The average Bonchev–Trinajstić information content (AvgIpc) is 3.21. The highest BCUT2D eigenvalue weighted by Gasteiger charge is 2.30. The molecule has 1 aromatic heterocycles. The maximum atomic E-state index is 13.3. The number of hydrogen-bond acceptors (Lipinski definition) is 5. The highest BCUT2D eigenvalue weighted by Crippen LogP contribution is 2.25. The molecule has 1 atom stereocenters. The molecule has 7 heteroatoms. The number of sulfonamides is 1. The Labute approximate surface area is 172 Å². The smallest absolute Gasteiger partial charge is 0.243 e. The van der Waals surface area contributed by atoms with Gasteiger partial charge < -0.3 is 4.52 Å². The van der Waals surface area contributed by atoms with E-state index < -0.39 is 10.0 Å². The quantitative estimate of drug-likeness (QED) is 0.528. The van der Waals surface area contributed by atoms with Gasteiger partial charge in [0.05, 0.1) is 11.4 Å². The van der Waals surface area contributed by atoms with Gasteiger partial charge >= 0.3 is 0 Å². The van der Waals surface area contributed by atoms with Gasteiger partial charge in [-0.2, -0.15) is 9.29 Å². The molecule has 0 aliphatic rings. The summed E-state index contributed by atoms with van der Waals surface area (Å²) in [5.41, 5.74) is 1.92. The number of aromatic nitrogens is 2. The minimum absolute atomic E-state index is 0.0309. The number of hydrogen-bond donors (Lipinski definition) is 0. The summed E-state index contributed by atoms with van der Waals surface area (Å²) in [6.07, 6.45) is 0.670. The van der Waals surface area contributed by atoms with Gasteiger partial charge in [0, 0.05) is 11.6 Å². The Morgan fingerprint density at radius 3 is 2.24 bits per heavy atom. The molecule has 0 fully saturated rings. The van der Waals surface area contributed by atoms with Crippen LogP contribution in [0.1, 0.15) is 51.5 Å². The molecule has 0 radical (unpaired) electrons. The lowest BCUT2D eigenvalue weighted by Crippen LogP contribution is -2.37. The molecule has 154 valence electrons. The van der Waals surface area contributed by atoms with Crippen LogP contribution in [-0.2, 0) is 16.6 Å². The zero-order chi connectivity index (χ0) is 21.0. The zero-order valence-electron chi connectivity index (χ0n) is 17.2. The van der Waals surface area contributed by atoms with Crippen LogP contribution in [0.3, 0.4) is 0 Å². The van der Waals surface area contributed by atoms with Gasteiger partial charge in [-0.1, -0.05) is 68.4 Å². The lowest BCUT2D eigenvalue weighted by Gasteiger charge is -2.26. The predicted octanol–water partition coefficient (Wildman–Crippen LogP) is 4.85. The third-order valence-electron chi connectivity index (χ3n) is 5.03. The molecule has 3 aromatic rings. The van der Waals surface area contributed by atoms with Gasteiger partial charge in [-0.05, 0) is 37.0 Å². The van der Waals surface area contributed by atoms with E-state index in [1.807, 2.05) is 56.3 Å². The van der Waals surface area contributed by atoms with E-state index in [2.05, 4.69) is 24.0 Å². The number of nitrogens with zero attached hydrogens (tertiary/aromatic N) is 3. The van der Waals surface area contributed by atoms with Crippen molar-refractivity contribution in [2.45, 2.75) is 57.5 Å². The van der Waals surface area contributed by atoms with Crippen LogP contribution in [0.25, 0.3) is 11.4 Å². The molecule has 0 saturated heterocycles. The van der Waals surface area contributed by atoms with Crippen molar-refractivity contribution in [2.24, 2.45) is 0 Å². The van der Waals surface area contributed by atoms with E-state index in [4.69, 9.17) is 4.52 Å². The third-order valence-corrected chi connectivity index (χ3v) is 7.00. The topological polar surface area (TPSA) is 76.3 Å². The minimum Gasteiger partial charge on any atom is -0.338 e. The molecule has 6 nitrogen and oxygen atoms in total. The molecule has 0 bridgehead atoms. The molecule has 1 unspecified atom stereocenters. The monoisotopic (exact) mass is 413 g/mol. The van der Waals surface area contributed by atoms with Gasteiger partial charge in [0.1, 0.15) is 0 Å². The van der Waals surface area contributed by atoms with E-state index in [1.165, 1.54) is 4.31 Å². The van der Waals surface area contributed by atoms with Crippen LogP contribution >= 0.6 is 0 Å². The zero-order valence-corrected chi connectivity index (χ0v) is 18.1. The van der Waals surface area contributed by atoms with Crippen molar-refractivity contribution in [1.82, 2.24) is 14.4 Å². The Morgan fingerprint density at radius 1 is 1.00 bits per heavy atom. The van der Waals surface area contributed by atoms with Crippen LogP contribution in [0.2, 0.25) is 0 Å². The van der Waals surface area contributed by atoms with E-state index in [0.717, 1.165) is 11.1 Å². The second-order valence-electron chi connectivity index (χ2n) is 7.41. The van der Waals surface area contributed by atoms with Crippen molar-refractivity contribution in [1.29, 1.82) is 0 Å². The maximum absolute atomic E-state index is 13.3. The summed E-state index contributed by atoms with van der Waals surface area (Å²) in [7, 11) is -3.70. The highest BCUT2D eigenvalue weighted by molar-refractivity contribution is 7.89. The van der Waals surface area contributed by atoms with Crippen molar-refractivity contribution in [3.05, 3.63) is 66.1 Å². The summed E-state index contributed by atoms with van der Waals surface area (Å²) in [4.78, 5) is 4.67. The van der Waals surface area contributed by atoms with Crippen molar-refractivity contribution in [3.8, 4) is 11.4 Å². The second kappa shape index (κ2) is 8.88. The first-order valence-corrected chi connectivity index (χ1v) is 11.3. The van der Waals surface area contributed by atoms with Crippen molar-refractivity contribution in [3.63, 3.8) is 0 Å². The van der Waals surface area contributed by atoms with Crippen molar-refractivity contribution >= 4 is 10.0 Å². The molecule has 0 N–H and O–H groups in total. The van der Waals surface area contributed by atoms with Crippen molar-refractivity contribution in [2.75, 3.05) is 0 Å². The Balaban J connectivity index is 1.89. The molecule has 0 spiro atoms. The van der Waals surface area contributed by atoms with Gasteiger partial charge in [-0.15, -0.1) is 0 Å². The van der Waals surface area contributed by atoms with Crippen LogP contribution in [-0.4, -0.2) is 28.9 Å². The van der Waals surface area contributed by atoms with E-state index in [0.29, 0.717) is 18.2 Å². The molecule has 0 aliphatic heterocycles. The minimum atomic E-state index is -3.70. The van der Waals surface area contributed by atoms with E-state index in [9.17, 15) is 8.42 Å². The fraction of sp³-hybridized carbons (Fsp3) is 0.364. The highest BCUT2D eigenvalue weighted by atomic mass is 32.2. The Bertz CT molecular complexity index is 1030. The predicted molar refractivity (Wildman–Crippen MR) is 113 cm³/mol. The maximum Gasteiger partial charge on any atom is 0.243 e. The van der Waals surface area contributed by atoms with Gasteiger partial charge in [0.25, 0.3) is 0 Å². The molecule has 0 amide bonds. The first kappa shape index (κ1) is 21.2. The van der Waals surface area contributed by atoms with Gasteiger partial charge in [0.15, 0.2) is 0 Å². The summed E-state index contributed by atoms with van der Waals surface area (Å²) >= 11 is 0. The van der Waals surface area contributed by atoms with Crippen LogP contribution in [0.5, 0.6) is 0 Å². The summed E-state index contributed by atoms with van der Waals surface area (Å²) in [5, 5.41) is 4.00. The van der Waals surface area contributed by atoms with E-state index >= 15 is 0 Å². The van der Waals surface area contributed by atoms with E-state index in [1.54, 1.807) is 12.1 Å². The summed E-state index contributed by atoms with van der Waals surface area (Å²) in [6, 6.07) is 16.3. The van der Waals surface area contributed by atoms with Crippen LogP contribution < -0.4 is 0 Å². The Kier molecular flexibility index (Phi) is 6.49. The average molecular weight is 414 g/mol. The molecule has 3 rings (SSSR count). The standard InChI is InChI=1S/C22H27N3O3S/c1-5-17(4)25(29(26,27)20-13-11-18(12-14-20)16(2)3)15-21-23-22(24-28-21)19-9-7-6-8-10-19/h6-14,16-17H,5,15H2,1-4H3. The Morgan fingerprint density at radius 2 is 1.66 bits per heavy atom. The second-order valence-corrected chi connectivity index (χ2v) is 9.30. The first-order valence-electron chi connectivity index (χ1n) is 9.82. The lowest BCUT2D eigenvalue weighted by molar-refractivity contribution is 0.273. The van der Waals surface area contributed by atoms with Crippen LogP contribution in [0.15, 0.2) is 64.0 Å². The number of rotatable bonds is 8. The normalized spacial score (nSPS) is 13.2. The molecule has 0 saturated carbocycles. The fourth-order valence-corrected chi connectivity index (χ4v) is 4.65. The fourth-order valence-electron chi connectivity index (χ4n) is 3.00. The van der Waals surface area contributed by atoms with Gasteiger partial charge in [-0.3, -0.25) is 0 Å². The third kappa shape index (κ3) is 4.74. The summed E-state index contributed by atoms with van der Waals surface area (Å²) in [5.74, 6) is 1.06. The van der Waals surface area contributed by atoms with Gasteiger partial charge in [0.2, 0.25) is 21.7 Å². The number of benzene rings is 2. The largest absolute Gasteiger partial charge is 0.338 e. The summed E-state index contributed by atoms with van der Waals surface area (Å²) < 4.78 is 33.5. The molecular weight excluding hydrogens is 386 g/mol. The van der Waals surface area contributed by atoms with Gasteiger partial charge in [-0.25, -0.2) is 8.42 Å². The van der Waals surface area contributed by atoms with Crippen LogP contribution in [0.4, 0.5) is 0 Å². The van der Waals surface area contributed by atoms with E-state index in [-0.39, 0.29) is 23.4 Å². The molecule has 29 heavy (non-hydrogen) atoms. The van der Waals surface area contributed by atoms with Crippen molar-refractivity contribution < 1.29 is 12.9 Å².